The predicted molar refractivity (Wildman–Crippen MR) is 81.1 cm³/mol. The van der Waals surface area contributed by atoms with Gasteiger partial charge in [-0.25, -0.2) is 0 Å². The lowest BCUT2D eigenvalue weighted by molar-refractivity contribution is 0.175. The molecule has 0 amide bonds. The van der Waals surface area contributed by atoms with Gasteiger partial charge in [0.25, 0.3) is 0 Å². The van der Waals surface area contributed by atoms with Crippen LogP contribution >= 0.6 is 11.8 Å². The van der Waals surface area contributed by atoms with E-state index in [2.05, 4.69) is 43.0 Å². The fourth-order valence-electron chi connectivity index (χ4n) is 2.71. The first-order valence-corrected chi connectivity index (χ1v) is 8.24. The van der Waals surface area contributed by atoms with Crippen LogP contribution in [0.1, 0.15) is 38.7 Å². The average Bonchev–Trinajstić information content (AvgIpc) is 2.40. The van der Waals surface area contributed by atoms with E-state index in [0.29, 0.717) is 0 Å². The zero-order valence-corrected chi connectivity index (χ0v) is 12.5. The Balaban J connectivity index is 1.87. The lowest BCUT2D eigenvalue weighted by Gasteiger charge is -2.31. The van der Waals surface area contributed by atoms with E-state index in [1.165, 1.54) is 42.8 Å². The maximum absolute atomic E-state index is 2.61. The van der Waals surface area contributed by atoms with Crippen molar-refractivity contribution >= 4 is 11.8 Å². The number of benzene rings is 1. The number of rotatable bonds is 5. The van der Waals surface area contributed by atoms with Gasteiger partial charge in [0.2, 0.25) is 0 Å². The summed E-state index contributed by atoms with van der Waals surface area (Å²) in [4.78, 5) is 4.03. The van der Waals surface area contributed by atoms with E-state index in [0.717, 1.165) is 18.2 Å². The van der Waals surface area contributed by atoms with Crippen molar-refractivity contribution < 1.29 is 0 Å². The zero-order chi connectivity index (χ0) is 12.8. The van der Waals surface area contributed by atoms with Crippen LogP contribution in [-0.4, -0.2) is 23.7 Å². The standard InChI is InChI=1S/C16H25NS/c1-3-14-8-10-17(11-9-14)13-15-6-5-7-16(12-15)18-4-2/h5-7,12,14H,3-4,8-11,13H2,1-2H3. The molecule has 0 aromatic heterocycles. The first kappa shape index (κ1) is 14.0. The predicted octanol–water partition coefficient (Wildman–Crippen LogP) is 4.42. The molecule has 100 valence electrons. The molecular formula is C16H25NS. The van der Waals surface area contributed by atoms with E-state index in [1.807, 2.05) is 11.8 Å². The third kappa shape index (κ3) is 4.03. The van der Waals surface area contributed by atoms with Crippen LogP contribution in [0.2, 0.25) is 0 Å². The smallest absolute Gasteiger partial charge is 0.0234 e. The van der Waals surface area contributed by atoms with Crippen LogP contribution in [0.25, 0.3) is 0 Å². The summed E-state index contributed by atoms with van der Waals surface area (Å²) in [7, 11) is 0. The summed E-state index contributed by atoms with van der Waals surface area (Å²) in [6, 6.07) is 9.05. The molecule has 0 aliphatic carbocycles. The summed E-state index contributed by atoms with van der Waals surface area (Å²) >= 11 is 1.94. The Labute approximate surface area is 116 Å². The van der Waals surface area contributed by atoms with Crippen molar-refractivity contribution in [3.05, 3.63) is 29.8 Å². The molecule has 1 aliphatic heterocycles. The van der Waals surface area contributed by atoms with Crippen molar-refractivity contribution in [2.45, 2.75) is 44.6 Å². The summed E-state index contributed by atoms with van der Waals surface area (Å²) in [5, 5.41) is 0. The molecule has 1 aromatic carbocycles. The second-order valence-corrected chi connectivity index (χ2v) is 6.55. The minimum atomic E-state index is 0.975. The first-order valence-electron chi connectivity index (χ1n) is 7.26. The molecule has 1 nitrogen and oxygen atoms in total. The molecule has 2 rings (SSSR count). The minimum absolute atomic E-state index is 0.975. The minimum Gasteiger partial charge on any atom is -0.299 e. The molecule has 1 saturated heterocycles. The molecule has 0 saturated carbocycles. The molecule has 0 spiro atoms. The van der Waals surface area contributed by atoms with Crippen LogP contribution in [-0.2, 0) is 6.54 Å². The normalized spacial score (nSPS) is 18.1. The van der Waals surface area contributed by atoms with Gasteiger partial charge in [-0.15, -0.1) is 11.8 Å². The third-order valence-corrected chi connectivity index (χ3v) is 4.78. The van der Waals surface area contributed by atoms with Crippen LogP contribution in [0.5, 0.6) is 0 Å². The van der Waals surface area contributed by atoms with Crippen LogP contribution in [0.15, 0.2) is 29.2 Å². The third-order valence-electron chi connectivity index (χ3n) is 3.90. The van der Waals surface area contributed by atoms with Gasteiger partial charge in [0.05, 0.1) is 0 Å². The maximum Gasteiger partial charge on any atom is 0.0234 e. The second kappa shape index (κ2) is 7.20. The molecule has 0 bridgehead atoms. The molecular weight excluding hydrogens is 238 g/mol. The van der Waals surface area contributed by atoms with E-state index in [-0.39, 0.29) is 0 Å². The quantitative estimate of drug-likeness (QED) is 0.723. The Morgan fingerprint density at radius 1 is 1.22 bits per heavy atom. The van der Waals surface area contributed by atoms with Gasteiger partial charge in [0, 0.05) is 11.4 Å². The molecule has 1 heterocycles. The van der Waals surface area contributed by atoms with Gasteiger partial charge in [-0.3, -0.25) is 4.90 Å². The van der Waals surface area contributed by atoms with E-state index >= 15 is 0 Å². The van der Waals surface area contributed by atoms with E-state index in [4.69, 9.17) is 0 Å². The van der Waals surface area contributed by atoms with Gasteiger partial charge in [-0.1, -0.05) is 32.4 Å². The van der Waals surface area contributed by atoms with Gasteiger partial charge < -0.3 is 0 Å². The highest BCUT2D eigenvalue weighted by Crippen LogP contribution is 2.23. The molecule has 2 heteroatoms. The van der Waals surface area contributed by atoms with Gasteiger partial charge in [0.15, 0.2) is 0 Å². The SMILES string of the molecule is CCSc1cccc(CN2CCC(CC)CC2)c1. The first-order chi connectivity index (χ1) is 8.81. The number of hydrogen-bond acceptors (Lipinski definition) is 2. The molecule has 1 fully saturated rings. The van der Waals surface area contributed by atoms with Gasteiger partial charge in [-0.05, 0) is 55.3 Å². The maximum atomic E-state index is 2.61. The molecule has 0 atom stereocenters. The Hall–Kier alpha value is -0.470. The van der Waals surface area contributed by atoms with Gasteiger partial charge >= 0.3 is 0 Å². The highest BCUT2D eigenvalue weighted by molar-refractivity contribution is 7.99. The molecule has 18 heavy (non-hydrogen) atoms. The van der Waals surface area contributed by atoms with Crippen molar-refractivity contribution in [2.75, 3.05) is 18.8 Å². The number of piperidine rings is 1. The lowest BCUT2D eigenvalue weighted by Crippen LogP contribution is -2.32. The fraction of sp³-hybridized carbons (Fsp3) is 0.625. The number of hydrogen-bond donors (Lipinski definition) is 0. The summed E-state index contributed by atoms with van der Waals surface area (Å²) in [5.74, 6) is 2.13. The van der Waals surface area contributed by atoms with Crippen LogP contribution < -0.4 is 0 Å². The van der Waals surface area contributed by atoms with Crippen LogP contribution in [0, 0.1) is 5.92 Å². The Morgan fingerprint density at radius 3 is 2.67 bits per heavy atom. The monoisotopic (exact) mass is 263 g/mol. The fourth-order valence-corrected chi connectivity index (χ4v) is 3.45. The summed E-state index contributed by atoms with van der Waals surface area (Å²) < 4.78 is 0. The summed E-state index contributed by atoms with van der Waals surface area (Å²) in [6.07, 6.45) is 4.14. The number of nitrogens with zero attached hydrogens (tertiary/aromatic N) is 1. The Bertz CT molecular complexity index is 356. The largest absolute Gasteiger partial charge is 0.299 e. The Kier molecular flexibility index (Phi) is 5.58. The van der Waals surface area contributed by atoms with E-state index in [9.17, 15) is 0 Å². The van der Waals surface area contributed by atoms with Crippen molar-refractivity contribution in [2.24, 2.45) is 5.92 Å². The van der Waals surface area contributed by atoms with E-state index < -0.39 is 0 Å². The number of thioether (sulfide) groups is 1. The van der Waals surface area contributed by atoms with Gasteiger partial charge in [-0.2, -0.15) is 0 Å². The van der Waals surface area contributed by atoms with Crippen molar-refractivity contribution in [1.29, 1.82) is 0 Å². The number of likely N-dealkylation sites (tertiary alicyclic amines) is 1. The van der Waals surface area contributed by atoms with E-state index in [1.54, 1.807) is 0 Å². The highest BCUT2D eigenvalue weighted by atomic mass is 32.2. The molecule has 0 radical (unpaired) electrons. The zero-order valence-electron chi connectivity index (χ0n) is 11.7. The summed E-state index contributed by atoms with van der Waals surface area (Å²) in [5.41, 5.74) is 1.48. The average molecular weight is 263 g/mol. The second-order valence-electron chi connectivity index (χ2n) is 5.21. The van der Waals surface area contributed by atoms with Crippen molar-refractivity contribution in [1.82, 2.24) is 4.90 Å². The van der Waals surface area contributed by atoms with Crippen LogP contribution in [0.3, 0.4) is 0 Å². The van der Waals surface area contributed by atoms with Gasteiger partial charge in [0.1, 0.15) is 0 Å². The van der Waals surface area contributed by atoms with Crippen molar-refractivity contribution in [3.63, 3.8) is 0 Å². The van der Waals surface area contributed by atoms with Crippen LogP contribution in [0.4, 0.5) is 0 Å². The van der Waals surface area contributed by atoms with Crippen molar-refractivity contribution in [3.8, 4) is 0 Å². The molecule has 0 unspecified atom stereocenters. The highest BCUT2D eigenvalue weighted by Gasteiger charge is 2.17. The lowest BCUT2D eigenvalue weighted by atomic mass is 9.94. The Morgan fingerprint density at radius 2 is 2.00 bits per heavy atom. The summed E-state index contributed by atoms with van der Waals surface area (Å²) in [6.45, 7) is 8.24. The molecule has 1 aromatic rings. The molecule has 0 N–H and O–H groups in total. The topological polar surface area (TPSA) is 3.24 Å². The molecule has 1 aliphatic rings.